The molecule has 2 unspecified atom stereocenters. The van der Waals surface area contributed by atoms with E-state index in [1.165, 1.54) is 36.8 Å². The Morgan fingerprint density at radius 2 is 1.81 bits per heavy atom. The molecule has 2 N–H and O–H groups in total. The third kappa shape index (κ3) is 7.56. The molecule has 2 saturated carbocycles. The van der Waals surface area contributed by atoms with Gasteiger partial charge < -0.3 is 10.2 Å². The second kappa shape index (κ2) is 12.7. The topological polar surface area (TPSA) is 57.5 Å². The van der Waals surface area contributed by atoms with E-state index < -0.39 is 5.60 Å². The highest BCUT2D eigenvalue weighted by Gasteiger charge is 2.52. The van der Waals surface area contributed by atoms with E-state index in [1.807, 2.05) is 13.8 Å². The van der Waals surface area contributed by atoms with Gasteiger partial charge in [0.1, 0.15) is 6.29 Å². The van der Waals surface area contributed by atoms with Gasteiger partial charge in [-0.05, 0) is 126 Å². The minimum atomic E-state index is -0.775. The number of rotatable bonds is 13. The molecule has 2 rings (SSSR count). The van der Waals surface area contributed by atoms with E-state index in [4.69, 9.17) is 0 Å². The van der Waals surface area contributed by atoms with Crippen molar-refractivity contribution in [2.75, 3.05) is 6.61 Å². The van der Waals surface area contributed by atoms with Gasteiger partial charge in [-0.25, -0.2) is 0 Å². The van der Waals surface area contributed by atoms with Crippen molar-refractivity contribution in [1.82, 2.24) is 0 Å². The first-order valence-electron chi connectivity index (χ1n) is 14.8. The van der Waals surface area contributed by atoms with Crippen LogP contribution in [-0.4, -0.2) is 28.7 Å². The van der Waals surface area contributed by atoms with Crippen LogP contribution in [0, 0.1) is 40.4 Å². The first-order chi connectivity index (χ1) is 16.7. The molecule has 2 aliphatic rings. The zero-order valence-corrected chi connectivity index (χ0v) is 25.1. The lowest BCUT2D eigenvalue weighted by molar-refractivity contribution is -0.115. The van der Waals surface area contributed by atoms with E-state index in [1.54, 1.807) is 0 Å². The summed E-state index contributed by atoms with van der Waals surface area (Å²) in [5, 5.41) is 21.0. The summed E-state index contributed by atoms with van der Waals surface area (Å²) in [7, 11) is 0. The Bertz CT molecular complexity index is 783. The van der Waals surface area contributed by atoms with Gasteiger partial charge >= 0.3 is 0 Å². The van der Waals surface area contributed by atoms with Crippen molar-refractivity contribution in [3.8, 4) is 0 Å². The van der Waals surface area contributed by atoms with Gasteiger partial charge in [0.05, 0.1) is 5.60 Å². The maximum Gasteiger partial charge on any atom is 0.145 e. The standard InChI is InChI=1S/C33H58O3/c1-23(13-10-15-28-26(4)29(28)21-25(3)31(5,6)7)14-11-18-32(8)30(16-12-20-34)27(24(2)22-35)17-19-33(32,9)36/h14,22,25-26,28-30,34,36H,10-13,15-21H2,1-9H3/b23-14+,27-24-/t25-,26?,28+,29?,30+,32-,33-/m0/s1. The molecule has 2 aliphatic carbocycles. The molecule has 0 spiro atoms. The summed E-state index contributed by atoms with van der Waals surface area (Å²) in [5.41, 5.74) is 2.80. The first-order valence-corrected chi connectivity index (χ1v) is 14.8. The molecule has 3 nitrogen and oxygen atoms in total. The lowest BCUT2D eigenvalue weighted by Crippen LogP contribution is -2.52. The van der Waals surface area contributed by atoms with E-state index >= 15 is 0 Å². The third-order valence-electron chi connectivity index (χ3n) is 10.8. The van der Waals surface area contributed by atoms with Crippen LogP contribution >= 0.6 is 0 Å². The van der Waals surface area contributed by atoms with Gasteiger partial charge in [0, 0.05) is 12.0 Å². The minimum Gasteiger partial charge on any atom is -0.396 e. The summed E-state index contributed by atoms with van der Waals surface area (Å²) >= 11 is 0. The highest BCUT2D eigenvalue weighted by Crippen LogP contribution is 2.56. The number of carbonyl (C=O) groups is 1. The Morgan fingerprint density at radius 1 is 1.14 bits per heavy atom. The average molecular weight is 503 g/mol. The molecule has 0 heterocycles. The second-order valence-electron chi connectivity index (χ2n) is 14.1. The molecular formula is C33H58O3. The second-order valence-corrected chi connectivity index (χ2v) is 14.1. The molecule has 0 aromatic carbocycles. The summed E-state index contributed by atoms with van der Waals surface area (Å²) in [6.07, 6.45) is 13.4. The summed E-state index contributed by atoms with van der Waals surface area (Å²) in [6.45, 7) is 20.5. The Balaban J connectivity index is 1.94. The minimum absolute atomic E-state index is 0.135. The highest BCUT2D eigenvalue weighted by atomic mass is 16.3. The fourth-order valence-corrected chi connectivity index (χ4v) is 6.98. The average Bonchev–Trinajstić information content (AvgIpc) is 3.40. The number of aliphatic hydroxyl groups is 2. The van der Waals surface area contributed by atoms with E-state index in [9.17, 15) is 15.0 Å². The Hall–Kier alpha value is -0.930. The van der Waals surface area contributed by atoms with Crippen LogP contribution in [-0.2, 0) is 4.79 Å². The van der Waals surface area contributed by atoms with E-state index in [0.29, 0.717) is 18.3 Å². The van der Waals surface area contributed by atoms with Crippen LogP contribution in [0.25, 0.3) is 0 Å². The van der Waals surface area contributed by atoms with Crippen LogP contribution in [0.5, 0.6) is 0 Å². The third-order valence-corrected chi connectivity index (χ3v) is 10.8. The number of hydrogen-bond donors (Lipinski definition) is 2. The molecule has 0 aliphatic heterocycles. The van der Waals surface area contributed by atoms with Crippen LogP contribution < -0.4 is 0 Å². The molecule has 0 saturated heterocycles. The van der Waals surface area contributed by atoms with Gasteiger partial charge in [0.25, 0.3) is 0 Å². The maximum absolute atomic E-state index is 11.6. The van der Waals surface area contributed by atoms with E-state index in [0.717, 1.165) is 61.2 Å². The molecule has 2 fully saturated rings. The van der Waals surface area contributed by atoms with Gasteiger partial charge in [-0.1, -0.05) is 58.8 Å². The quantitative estimate of drug-likeness (QED) is 0.151. The number of allylic oxidation sites excluding steroid dienone is 4. The predicted molar refractivity (Wildman–Crippen MR) is 153 cm³/mol. The number of carbonyl (C=O) groups excluding carboxylic acids is 1. The molecular weight excluding hydrogens is 444 g/mol. The monoisotopic (exact) mass is 502 g/mol. The number of aliphatic hydroxyl groups excluding tert-OH is 1. The van der Waals surface area contributed by atoms with Crippen molar-refractivity contribution in [3.05, 3.63) is 22.8 Å². The number of aldehydes is 1. The largest absolute Gasteiger partial charge is 0.396 e. The molecule has 0 aromatic rings. The van der Waals surface area contributed by atoms with Gasteiger partial charge in [0.15, 0.2) is 0 Å². The van der Waals surface area contributed by atoms with Crippen molar-refractivity contribution in [2.24, 2.45) is 40.4 Å². The van der Waals surface area contributed by atoms with Gasteiger partial charge in [-0.3, -0.25) is 4.79 Å². The van der Waals surface area contributed by atoms with Crippen molar-refractivity contribution < 1.29 is 15.0 Å². The summed E-state index contributed by atoms with van der Waals surface area (Å²) in [6, 6.07) is 0. The smallest absolute Gasteiger partial charge is 0.145 e. The molecule has 3 heteroatoms. The maximum atomic E-state index is 11.6. The van der Waals surface area contributed by atoms with Crippen LogP contribution in [0.15, 0.2) is 22.8 Å². The molecule has 0 amide bonds. The summed E-state index contributed by atoms with van der Waals surface area (Å²) in [5.74, 6) is 3.64. The van der Waals surface area contributed by atoms with Gasteiger partial charge in [-0.2, -0.15) is 0 Å². The molecule has 0 bridgehead atoms. The predicted octanol–water partition coefficient (Wildman–Crippen LogP) is 8.29. The van der Waals surface area contributed by atoms with Crippen LogP contribution in [0.1, 0.15) is 127 Å². The zero-order valence-electron chi connectivity index (χ0n) is 25.1. The fourth-order valence-electron chi connectivity index (χ4n) is 6.98. The Labute approximate surface area is 223 Å². The molecule has 36 heavy (non-hydrogen) atoms. The fraction of sp³-hybridized carbons (Fsp3) is 0.848. The van der Waals surface area contributed by atoms with E-state index in [2.05, 4.69) is 54.5 Å². The van der Waals surface area contributed by atoms with Gasteiger partial charge in [0.2, 0.25) is 0 Å². The van der Waals surface area contributed by atoms with Crippen molar-refractivity contribution in [1.29, 1.82) is 0 Å². The molecule has 0 radical (unpaired) electrons. The van der Waals surface area contributed by atoms with Crippen molar-refractivity contribution in [3.63, 3.8) is 0 Å². The van der Waals surface area contributed by atoms with Crippen LogP contribution in [0.2, 0.25) is 0 Å². The Kier molecular flexibility index (Phi) is 11.1. The van der Waals surface area contributed by atoms with Crippen molar-refractivity contribution >= 4 is 6.29 Å². The van der Waals surface area contributed by atoms with Crippen LogP contribution in [0.4, 0.5) is 0 Å². The Morgan fingerprint density at radius 3 is 2.39 bits per heavy atom. The SMILES string of the molecule is C/C(C=O)=C1\CC[C@](C)(O)[C@@](C)(CC/C=C(\C)CCC[C@@H]2C(C)C2C[C@H](C)C(C)(C)C)[C@@H]1CCCO. The summed E-state index contributed by atoms with van der Waals surface area (Å²) in [4.78, 5) is 11.6. The number of hydrogen-bond acceptors (Lipinski definition) is 3. The molecule has 7 atom stereocenters. The van der Waals surface area contributed by atoms with Crippen molar-refractivity contribution in [2.45, 2.75) is 132 Å². The summed E-state index contributed by atoms with van der Waals surface area (Å²) < 4.78 is 0. The molecule has 0 aromatic heterocycles. The lowest BCUT2D eigenvalue weighted by Gasteiger charge is -2.53. The molecule has 208 valence electrons. The van der Waals surface area contributed by atoms with Gasteiger partial charge in [-0.15, -0.1) is 0 Å². The first kappa shape index (κ1) is 31.3. The lowest BCUT2D eigenvalue weighted by atomic mass is 9.54. The normalized spacial score (nSPS) is 35.5. The highest BCUT2D eigenvalue weighted by molar-refractivity contribution is 5.74. The van der Waals surface area contributed by atoms with Crippen LogP contribution in [0.3, 0.4) is 0 Å². The van der Waals surface area contributed by atoms with E-state index in [-0.39, 0.29) is 17.9 Å². The zero-order chi connectivity index (χ0) is 27.3.